The van der Waals surface area contributed by atoms with E-state index < -0.39 is 5.82 Å². The average Bonchev–Trinajstić information content (AvgIpc) is 2.54. The number of hydrogen-bond donors (Lipinski definition) is 0. The van der Waals surface area contributed by atoms with Crippen molar-refractivity contribution < 1.29 is 4.39 Å². The lowest BCUT2D eigenvalue weighted by Gasteiger charge is -2.08. The highest BCUT2D eigenvalue weighted by atomic mass is 19.1. The Kier molecular flexibility index (Phi) is 3.10. The van der Waals surface area contributed by atoms with Crippen LogP contribution in [0.5, 0.6) is 0 Å². The summed E-state index contributed by atoms with van der Waals surface area (Å²) in [4.78, 5) is 3.17. The fourth-order valence-electron chi connectivity index (χ4n) is 2.40. The fourth-order valence-corrected chi connectivity index (χ4v) is 2.40. The molecule has 21 heavy (non-hydrogen) atoms. The minimum absolute atomic E-state index is 0.105. The molecule has 3 aromatic rings. The second-order valence-corrected chi connectivity index (χ2v) is 4.61. The molecule has 0 heterocycles. The lowest BCUT2D eigenvalue weighted by molar-refractivity contribution is 0.630. The molecule has 0 bridgehead atoms. The number of nitriles is 1. The van der Waals surface area contributed by atoms with Gasteiger partial charge in [0.15, 0.2) is 0 Å². The molecule has 0 spiro atoms. The summed E-state index contributed by atoms with van der Waals surface area (Å²) in [5.74, 6) is -0.753. The number of nitrogens with zero attached hydrogens (tertiary/aromatic N) is 2. The summed E-state index contributed by atoms with van der Waals surface area (Å²) >= 11 is 0. The second-order valence-electron chi connectivity index (χ2n) is 4.61. The normalized spacial score (nSPS) is 10.0. The predicted molar refractivity (Wildman–Crippen MR) is 80.3 cm³/mol. The molecule has 0 saturated heterocycles. The van der Waals surface area contributed by atoms with Crippen molar-refractivity contribution in [2.24, 2.45) is 0 Å². The Morgan fingerprint density at radius 1 is 1.05 bits per heavy atom. The van der Waals surface area contributed by atoms with E-state index in [0.717, 1.165) is 16.3 Å². The van der Waals surface area contributed by atoms with Gasteiger partial charge in [-0.2, -0.15) is 5.26 Å². The van der Waals surface area contributed by atoms with Crippen LogP contribution in [0.15, 0.2) is 54.6 Å². The molecule has 2 nitrogen and oxygen atoms in total. The van der Waals surface area contributed by atoms with Crippen molar-refractivity contribution in [3.63, 3.8) is 0 Å². The standard InChI is InChI=1S/C18H9FN2/c1-21-17-10-13(9-14(11-20)18(17)19)16-8-4-6-12-5-2-3-7-15(12)16/h2-10H. The van der Waals surface area contributed by atoms with Crippen molar-refractivity contribution >= 4 is 16.5 Å². The Morgan fingerprint density at radius 2 is 1.81 bits per heavy atom. The second kappa shape index (κ2) is 5.07. The SMILES string of the molecule is [C-]#[N+]c1cc(-c2cccc3ccccc23)cc(C#N)c1F. The molecule has 0 amide bonds. The minimum atomic E-state index is -0.753. The predicted octanol–water partition coefficient (Wildman–Crippen LogP) is 5.07. The molecule has 0 atom stereocenters. The highest BCUT2D eigenvalue weighted by molar-refractivity contribution is 5.97. The molecule has 0 N–H and O–H groups in total. The molecule has 0 fully saturated rings. The Balaban J connectivity index is 2.34. The first kappa shape index (κ1) is 12.8. The Morgan fingerprint density at radius 3 is 2.57 bits per heavy atom. The van der Waals surface area contributed by atoms with Crippen LogP contribution >= 0.6 is 0 Å². The highest BCUT2D eigenvalue weighted by Crippen LogP contribution is 2.33. The third-order valence-electron chi connectivity index (χ3n) is 3.39. The van der Waals surface area contributed by atoms with Gasteiger partial charge >= 0.3 is 0 Å². The molecule has 0 aliphatic carbocycles. The molecule has 0 saturated carbocycles. The van der Waals surface area contributed by atoms with E-state index in [2.05, 4.69) is 4.85 Å². The first-order chi connectivity index (χ1) is 10.2. The van der Waals surface area contributed by atoms with Crippen molar-refractivity contribution in [3.8, 4) is 17.2 Å². The Hall–Kier alpha value is -3.17. The maximum Gasteiger partial charge on any atom is 0.224 e. The fraction of sp³-hybridized carbons (Fsp3) is 0. The van der Waals surface area contributed by atoms with Crippen LogP contribution in [-0.2, 0) is 0 Å². The van der Waals surface area contributed by atoms with Gasteiger partial charge in [-0.1, -0.05) is 42.5 Å². The van der Waals surface area contributed by atoms with Crippen molar-refractivity contribution in [1.29, 1.82) is 5.26 Å². The quantitative estimate of drug-likeness (QED) is 0.568. The monoisotopic (exact) mass is 272 g/mol. The average molecular weight is 272 g/mol. The van der Waals surface area contributed by atoms with Crippen molar-refractivity contribution in [1.82, 2.24) is 0 Å². The van der Waals surface area contributed by atoms with E-state index in [1.807, 2.05) is 48.5 Å². The van der Waals surface area contributed by atoms with Gasteiger partial charge in [0, 0.05) is 0 Å². The maximum atomic E-state index is 13.8. The smallest absolute Gasteiger partial charge is 0.224 e. The van der Waals surface area contributed by atoms with Gasteiger partial charge in [0.2, 0.25) is 5.69 Å². The summed E-state index contributed by atoms with van der Waals surface area (Å²) in [7, 11) is 0. The molecule has 98 valence electrons. The van der Waals surface area contributed by atoms with Crippen LogP contribution in [0.3, 0.4) is 0 Å². The lowest BCUT2D eigenvalue weighted by atomic mass is 9.96. The first-order valence-electron chi connectivity index (χ1n) is 6.34. The summed E-state index contributed by atoms with van der Waals surface area (Å²) in [6.07, 6.45) is 0. The molecular weight excluding hydrogens is 263 g/mol. The van der Waals surface area contributed by atoms with Crippen LogP contribution in [0.1, 0.15) is 5.56 Å². The van der Waals surface area contributed by atoms with Crippen LogP contribution in [0.25, 0.3) is 26.7 Å². The van der Waals surface area contributed by atoms with E-state index in [-0.39, 0.29) is 11.3 Å². The zero-order chi connectivity index (χ0) is 14.8. The molecule has 3 rings (SSSR count). The molecule has 0 unspecified atom stereocenters. The van der Waals surface area contributed by atoms with Crippen LogP contribution in [0.4, 0.5) is 10.1 Å². The van der Waals surface area contributed by atoms with Gasteiger partial charge in [-0.3, -0.25) is 0 Å². The molecule has 3 aromatic carbocycles. The number of rotatable bonds is 1. The summed E-state index contributed by atoms with van der Waals surface area (Å²) in [6.45, 7) is 7.05. The number of benzene rings is 3. The summed E-state index contributed by atoms with van der Waals surface area (Å²) < 4.78 is 13.8. The van der Waals surface area contributed by atoms with E-state index in [9.17, 15) is 4.39 Å². The number of halogens is 1. The third-order valence-corrected chi connectivity index (χ3v) is 3.39. The Labute approximate surface area is 121 Å². The van der Waals surface area contributed by atoms with Crippen molar-refractivity contribution in [2.45, 2.75) is 0 Å². The molecular formula is C18H9FN2. The number of hydrogen-bond acceptors (Lipinski definition) is 1. The van der Waals surface area contributed by atoms with E-state index in [0.29, 0.717) is 5.56 Å². The Bertz CT molecular complexity index is 890. The largest absolute Gasteiger partial charge is 0.235 e. The highest BCUT2D eigenvalue weighted by Gasteiger charge is 2.13. The summed E-state index contributed by atoms with van der Waals surface area (Å²) in [5, 5.41) is 11.1. The van der Waals surface area contributed by atoms with Crippen LogP contribution < -0.4 is 0 Å². The molecule has 0 aliphatic heterocycles. The molecule has 0 radical (unpaired) electrons. The van der Waals surface area contributed by atoms with Gasteiger partial charge in [-0.25, -0.2) is 9.24 Å². The lowest BCUT2D eigenvalue weighted by Crippen LogP contribution is -1.88. The number of fused-ring (bicyclic) bond motifs is 1. The maximum absolute atomic E-state index is 13.8. The zero-order valence-corrected chi connectivity index (χ0v) is 11.0. The third kappa shape index (κ3) is 2.12. The van der Waals surface area contributed by atoms with Crippen LogP contribution in [0, 0.1) is 23.7 Å². The van der Waals surface area contributed by atoms with Gasteiger partial charge < -0.3 is 0 Å². The van der Waals surface area contributed by atoms with E-state index in [1.165, 1.54) is 12.1 Å². The van der Waals surface area contributed by atoms with Crippen molar-refractivity contribution in [2.75, 3.05) is 0 Å². The van der Waals surface area contributed by atoms with Crippen LogP contribution in [0.2, 0.25) is 0 Å². The van der Waals surface area contributed by atoms with Gasteiger partial charge in [-0.15, -0.1) is 0 Å². The topological polar surface area (TPSA) is 28.1 Å². The van der Waals surface area contributed by atoms with Gasteiger partial charge in [0.05, 0.1) is 12.1 Å². The van der Waals surface area contributed by atoms with Crippen LogP contribution in [-0.4, -0.2) is 0 Å². The minimum Gasteiger partial charge on any atom is -0.235 e. The van der Waals surface area contributed by atoms with Gasteiger partial charge in [0.25, 0.3) is 0 Å². The first-order valence-corrected chi connectivity index (χ1v) is 6.34. The molecule has 3 heteroatoms. The van der Waals surface area contributed by atoms with Gasteiger partial charge in [-0.05, 0) is 34.0 Å². The molecule has 0 aliphatic rings. The summed E-state index contributed by atoms with van der Waals surface area (Å²) in [5.41, 5.74) is 1.33. The summed E-state index contributed by atoms with van der Waals surface area (Å²) in [6, 6.07) is 18.4. The zero-order valence-electron chi connectivity index (χ0n) is 11.0. The molecule has 0 aromatic heterocycles. The van der Waals surface area contributed by atoms with E-state index >= 15 is 0 Å². The van der Waals surface area contributed by atoms with E-state index in [4.69, 9.17) is 11.8 Å². The van der Waals surface area contributed by atoms with Crippen molar-refractivity contribution in [3.05, 3.63) is 77.4 Å². The van der Waals surface area contributed by atoms with E-state index in [1.54, 1.807) is 0 Å². The van der Waals surface area contributed by atoms with Gasteiger partial charge in [0.1, 0.15) is 11.9 Å².